The lowest BCUT2D eigenvalue weighted by atomic mass is 10.4. The lowest BCUT2D eigenvalue weighted by Gasteiger charge is -2.33. The van der Waals surface area contributed by atoms with Gasteiger partial charge < -0.3 is 9.64 Å². The fraction of sp³-hybridized carbons (Fsp3) is 0.462. The Labute approximate surface area is 135 Å². The summed E-state index contributed by atoms with van der Waals surface area (Å²) in [5.74, 6) is 0. The van der Waals surface area contributed by atoms with E-state index in [1.807, 2.05) is 0 Å². The maximum absolute atomic E-state index is 12.5. The number of hydrogen-bond acceptors (Lipinski definition) is 6. The Morgan fingerprint density at radius 3 is 1.87 bits per heavy atom. The van der Waals surface area contributed by atoms with Crippen molar-refractivity contribution in [3.63, 3.8) is 0 Å². The first-order chi connectivity index (χ1) is 10.7. The first-order valence-corrected chi connectivity index (χ1v) is 10.1. The Balaban J connectivity index is 2.15. The van der Waals surface area contributed by atoms with E-state index in [2.05, 4.69) is 4.74 Å². The molecular formula is C13H18N2O6S2. The summed E-state index contributed by atoms with van der Waals surface area (Å²) in [6.07, 6.45) is 0.572. The van der Waals surface area contributed by atoms with E-state index in [4.69, 9.17) is 0 Å². The molecule has 0 spiro atoms. The quantitative estimate of drug-likeness (QED) is 0.759. The van der Waals surface area contributed by atoms with Crippen molar-refractivity contribution in [2.24, 2.45) is 0 Å². The predicted molar refractivity (Wildman–Crippen MR) is 82.3 cm³/mol. The standard InChI is InChI=1S/C13H18N2O6S2/c1-21-13(16)14-7-9-15(10-8-14)23(19,20)12-5-3-11(4-6-12)22(2,17)18/h3-6H,7-10H2,1-2H3. The molecule has 1 aliphatic heterocycles. The van der Waals surface area contributed by atoms with Crippen molar-refractivity contribution < 1.29 is 26.4 Å². The highest BCUT2D eigenvalue weighted by molar-refractivity contribution is 7.90. The molecule has 0 aromatic heterocycles. The van der Waals surface area contributed by atoms with Crippen LogP contribution in [0, 0.1) is 0 Å². The van der Waals surface area contributed by atoms with Gasteiger partial charge in [-0.3, -0.25) is 0 Å². The maximum atomic E-state index is 12.5. The van der Waals surface area contributed by atoms with E-state index in [0.29, 0.717) is 0 Å². The van der Waals surface area contributed by atoms with E-state index in [1.54, 1.807) is 0 Å². The Hall–Kier alpha value is -1.65. The number of sulfone groups is 1. The van der Waals surface area contributed by atoms with Gasteiger partial charge in [0.1, 0.15) is 0 Å². The topological polar surface area (TPSA) is 101 Å². The smallest absolute Gasteiger partial charge is 0.409 e. The zero-order chi connectivity index (χ0) is 17.3. The van der Waals surface area contributed by atoms with Crippen molar-refractivity contribution in [1.82, 2.24) is 9.21 Å². The third kappa shape index (κ3) is 3.82. The third-order valence-electron chi connectivity index (χ3n) is 3.56. The van der Waals surface area contributed by atoms with Gasteiger partial charge in [-0.05, 0) is 24.3 Å². The molecule has 1 heterocycles. The average Bonchev–Trinajstić information content (AvgIpc) is 2.53. The molecule has 1 aromatic rings. The number of amides is 1. The first kappa shape index (κ1) is 17.7. The molecule has 1 fully saturated rings. The molecule has 0 aliphatic carbocycles. The highest BCUT2D eigenvalue weighted by atomic mass is 32.2. The summed E-state index contributed by atoms with van der Waals surface area (Å²) in [6.45, 7) is 0.803. The second-order valence-corrected chi connectivity index (χ2v) is 9.06. The molecule has 0 bridgehead atoms. The Morgan fingerprint density at radius 1 is 0.957 bits per heavy atom. The summed E-state index contributed by atoms with van der Waals surface area (Å²) < 4.78 is 53.8. The van der Waals surface area contributed by atoms with Gasteiger partial charge in [-0.15, -0.1) is 0 Å². The molecule has 128 valence electrons. The Kier molecular flexibility index (Phi) is 4.97. The molecule has 1 aliphatic rings. The molecular weight excluding hydrogens is 344 g/mol. The minimum absolute atomic E-state index is 0.0245. The van der Waals surface area contributed by atoms with E-state index < -0.39 is 26.0 Å². The number of benzene rings is 1. The highest BCUT2D eigenvalue weighted by Crippen LogP contribution is 2.20. The second kappa shape index (κ2) is 6.46. The zero-order valence-electron chi connectivity index (χ0n) is 12.8. The van der Waals surface area contributed by atoms with Gasteiger partial charge in [0, 0.05) is 32.4 Å². The third-order valence-corrected chi connectivity index (χ3v) is 6.60. The van der Waals surface area contributed by atoms with Crippen molar-refractivity contribution in [3.8, 4) is 0 Å². The van der Waals surface area contributed by atoms with Crippen molar-refractivity contribution >= 4 is 26.0 Å². The van der Waals surface area contributed by atoms with Crippen LogP contribution in [0.25, 0.3) is 0 Å². The van der Waals surface area contributed by atoms with Gasteiger partial charge in [0.2, 0.25) is 10.0 Å². The minimum Gasteiger partial charge on any atom is -0.453 e. The van der Waals surface area contributed by atoms with E-state index in [9.17, 15) is 21.6 Å². The number of methoxy groups -OCH3 is 1. The summed E-state index contributed by atoms with van der Waals surface area (Å²) in [5, 5.41) is 0. The molecule has 0 unspecified atom stereocenters. The van der Waals surface area contributed by atoms with Crippen LogP contribution in [-0.2, 0) is 24.6 Å². The molecule has 1 aromatic carbocycles. The van der Waals surface area contributed by atoms with Gasteiger partial charge in [-0.2, -0.15) is 4.31 Å². The minimum atomic E-state index is -3.72. The monoisotopic (exact) mass is 362 g/mol. The summed E-state index contributed by atoms with van der Waals surface area (Å²) in [6, 6.07) is 5.09. The van der Waals surface area contributed by atoms with Crippen LogP contribution in [-0.4, -0.2) is 71.7 Å². The van der Waals surface area contributed by atoms with Crippen LogP contribution in [0.4, 0.5) is 4.79 Å². The number of rotatable bonds is 3. The van der Waals surface area contributed by atoms with E-state index in [0.717, 1.165) is 6.26 Å². The number of ether oxygens (including phenoxy) is 1. The number of sulfonamides is 1. The summed E-state index contributed by atoms with van der Waals surface area (Å²) >= 11 is 0. The number of hydrogen-bond donors (Lipinski definition) is 0. The Morgan fingerprint density at radius 2 is 1.43 bits per heavy atom. The normalized spacial score (nSPS) is 17.0. The number of carbonyl (C=O) groups excluding carboxylic acids is 1. The van der Waals surface area contributed by atoms with Crippen molar-refractivity contribution in [3.05, 3.63) is 24.3 Å². The van der Waals surface area contributed by atoms with Gasteiger partial charge >= 0.3 is 6.09 Å². The fourth-order valence-corrected chi connectivity index (χ4v) is 4.30. The first-order valence-electron chi connectivity index (χ1n) is 6.79. The number of piperazine rings is 1. The van der Waals surface area contributed by atoms with E-state index in [1.165, 1.54) is 40.6 Å². The predicted octanol–water partition coefficient (Wildman–Crippen LogP) is 0.163. The lowest BCUT2D eigenvalue weighted by molar-refractivity contribution is 0.108. The van der Waals surface area contributed by atoms with Crippen LogP contribution >= 0.6 is 0 Å². The molecule has 0 radical (unpaired) electrons. The molecule has 2 rings (SSSR count). The molecule has 23 heavy (non-hydrogen) atoms. The van der Waals surface area contributed by atoms with Crippen LogP contribution in [0.3, 0.4) is 0 Å². The van der Waals surface area contributed by atoms with Crippen molar-refractivity contribution in [2.45, 2.75) is 9.79 Å². The molecule has 0 N–H and O–H groups in total. The molecule has 0 saturated carbocycles. The molecule has 1 saturated heterocycles. The van der Waals surface area contributed by atoms with Crippen LogP contribution in [0.2, 0.25) is 0 Å². The SMILES string of the molecule is COC(=O)N1CCN(S(=O)(=O)c2ccc(S(C)(=O)=O)cc2)CC1. The summed E-state index contributed by atoms with van der Waals surface area (Å²) in [5.41, 5.74) is 0. The van der Waals surface area contributed by atoms with Gasteiger partial charge in [0.25, 0.3) is 0 Å². The molecule has 10 heteroatoms. The van der Waals surface area contributed by atoms with Crippen molar-refractivity contribution in [1.29, 1.82) is 0 Å². The van der Waals surface area contributed by atoms with Crippen molar-refractivity contribution in [2.75, 3.05) is 39.5 Å². The van der Waals surface area contributed by atoms with Crippen LogP contribution in [0.1, 0.15) is 0 Å². The van der Waals surface area contributed by atoms with Crippen LogP contribution in [0.5, 0.6) is 0 Å². The largest absolute Gasteiger partial charge is 0.453 e. The number of nitrogens with zero attached hydrogens (tertiary/aromatic N) is 2. The second-order valence-electron chi connectivity index (χ2n) is 5.10. The van der Waals surface area contributed by atoms with Gasteiger partial charge in [-0.1, -0.05) is 0 Å². The Bertz CT molecular complexity index is 778. The zero-order valence-corrected chi connectivity index (χ0v) is 14.4. The maximum Gasteiger partial charge on any atom is 0.409 e. The summed E-state index contributed by atoms with van der Waals surface area (Å²) in [7, 11) is -5.82. The highest BCUT2D eigenvalue weighted by Gasteiger charge is 2.30. The van der Waals surface area contributed by atoms with E-state index in [-0.39, 0.29) is 36.0 Å². The molecule has 1 amide bonds. The average molecular weight is 362 g/mol. The van der Waals surface area contributed by atoms with Gasteiger partial charge in [0.15, 0.2) is 9.84 Å². The fourth-order valence-electron chi connectivity index (χ4n) is 2.25. The van der Waals surface area contributed by atoms with Crippen LogP contribution < -0.4 is 0 Å². The molecule has 8 nitrogen and oxygen atoms in total. The summed E-state index contributed by atoms with van der Waals surface area (Å²) in [4.78, 5) is 12.9. The van der Waals surface area contributed by atoms with Crippen LogP contribution in [0.15, 0.2) is 34.1 Å². The molecule has 0 atom stereocenters. The lowest BCUT2D eigenvalue weighted by Crippen LogP contribution is -2.50. The number of carbonyl (C=O) groups is 1. The van der Waals surface area contributed by atoms with Gasteiger partial charge in [-0.25, -0.2) is 21.6 Å². The van der Waals surface area contributed by atoms with E-state index >= 15 is 0 Å². The van der Waals surface area contributed by atoms with Gasteiger partial charge in [0.05, 0.1) is 16.9 Å².